The third kappa shape index (κ3) is 7.50. The van der Waals surface area contributed by atoms with Gasteiger partial charge in [-0.25, -0.2) is 0 Å². The van der Waals surface area contributed by atoms with Gasteiger partial charge in [0, 0.05) is 12.8 Å². The molecule has 0 heterocycles. The summed E-state index contributed by atoms with van der Waals surface area (Å²) in [5, 5.41) is 0. The summed E-state index contributed by atoms with van der Waals surface area (Å²) in [5.41, 5.74) is 0. The second-order valence-corrected chi connectivity index (χ2v) is 3.75. The highest BCUT2D eigenvalue weighted by atomic mass is 16.5. The number of carbonyl (C=O) groups excluding carboxylic acids is 2. The van der Waals surface area contributed by atoms with Crippen LogP contribution in [0.1, 0.15) is 40.5 Å². The predicted molar refractivity (Wildman–Crippen MR) is 50.3 cm³/mol. The van der Waals surface area contributed by atoms with Crippen molar-refractivity contribution in [3.63, 3.8) is 0 Å². The summed E-state index contributed by atoms with van der Waals surface area (Å²) in [7, 11) is 0. The molecule has 0 spiro atoms. The lowest BCUT2D eigenvalue weighted by Gasteiger charge is -2.11. The Balaban J connectivity index is 3.71. The number of esters is 1. The van der Waals surface area contributed by atoms with Crippen LogP contribution in [0.5, 0.6) is 0 Å². The topological polar surface area (TPSA) is 43.4 Å². The van der Waals surface area contributed by atoms with Crippen LogP contribution in [0.25, 0.3) is 0 Å². The first-order valence-electron chi connectivity index (χ1n) is 4.60. The number of hydrogen-bond acceptors (Lipinski definition) is 3. The van der Waals surface area contributed by atoms with Crippen LogP contribution in [0, 0.1) is 5.92 Å². The Morgan fingerprint density at radius 1 is 1.15 bits per heavy atom. The van der Waals surface area contributed by atoms with E-state index in [1.807, 2.05) is 20.8 Å². The van der Waals surface area contributed by atoms with Crippen LogP contribution in [-0.4, -0.2) is 17.9 Å². The van der Waals surface area contributed by atoms with Crippen molar-refractivity contribution in [1.82, 2.24) is 0 Å². The summed E-state index contributed by atoms with van der Waals surface area (Å²) in [6.45, 7) is 7.04. The van der Waals surface area contributed by atoms with Crippen LogP contribution in [0.4, 0.5) is 0 Å². The summed E-state index contributed by atoms with van der Waals surface area (Å²) in [6.07, 6.45) is 0.710. The van der Waals surface area contributed by atoms with E-state index in [1.165, 1.54) is 6.92 Å². The van der Waals surface area contributed by atoms with Gasteiger partial charge in [-0.2, -0.15) is 0 Å². The maximum absolute atomic E-state index is 11.1. The van der Waals surface area contributed by atoms with E-state index in [0.29, 0.717) is 12.8 Å². The lowest BCUT2D eigenvalue weighted by molar-refractivity contribution is -0.148. The Kier molecular flexibility index (Phi) is 5.35. The molecule has 0 aliphatic carbocycles. The summed E-state index contributed by atoms with van der Waals surface area (Å²) < 4.78 is 4.95. The highest BCUT2D eigenvalue weighted by molar-refractivity contribution is 5.77. The van der Waals surface area contributed by atoms with Crippen LogP contribution in [0.2, 0.25) is 0 Å². The number of ketones is 1. The molecule has 0 aromatic rings. The second-order valence-electron chi connectivity index (χ2n) is 3.75. The molecule has 1 unspecified atom stereocenters. The lowest BCUT2D eigenvalue weighted by Crippen LogP contribution is -2.15. The summed E-state index contributed by atoms with van der Waals surface area (Å²) >= 11 is 0. The largest absolute Gasteiger partial charge is 0.463 e. The molecule has 0 saturated heterocycles. The molecule has 0 amide bonds. The first-order chi connectivity index (χ1) is 5.91. The van der Waals surface area contributed by atoms with Crippen molar-refractivity contribution >= 4 is 11.8 Å². The molecule has 76 valence electrons. The predicted octanol–water partition coefficient (Wildman–Crippen LogP) is 1.94. The fraction of sp³-hybridized carbons (Fsp3) is 0.800. The molecule has 0 N–H and O–H groups in total. The van der Waals surface area contributed by atoms with Gasteiger partial charge in [0.25, 0.3) is 0 Å². The van der Waals surface area contributed by atoms with Crippen LogP contribution < -0.4 is 0 Å². The monoisotopic (exact) mass is 186 g/mol. The molecule has 0 bridgehead atoms. The molecule has 0 fully saturated rings. The van der Waals surface area contributed by atoms with Gasteiger partial charge in [0.15, 0.2) is 0 Å². The standard InChI is InChI=1S/C10H18O3/c1-7(2)13-10(12)6-8(3)5-9(4)11/h7-8H,5-6H2,1-4H3. The van der Waals surface area contributed by atoms with E-state index in [2.05, 4.69) is 0 Å². The Labute approximate surface area is 79.5 Å². The molecule has 3 heteroatoms. The minimum atomic E-state index is -0.219. The Morgan fingerprint density at radius 2 is 1.69 bits per heavy atom. The Hall–Kier alpha value is -0.860. The van der Waals surface area contributed by atoms with Crippen molar-refractivity contribution in [2.24, 2.45) is 5.92 Å². The molecule has 3 nitrogen and oxygen atoms in total. The van der Waals surface area contributed by atoms with Gasteiger partial charge in [-0.3, -0.25) is 4.79 Å². The van der Waals surface area contributed by atoms with Crippen LogP contribution >= 0.6 is 0 Å². The molecule has 0 aromatic heterocycles. The van der Waals surface area contributed by atoms with Crippen LogP contribution in [-0.2, 0) is 14.3 Å². The van der Waals surface area contributed by atoms with Crippen molar-refractivity contribution in [3.8, 4) is 0 Å². The summed E-state index contributed by atoms with van der Waals surface area (Å²) in [5.74, 6) is -0.0163. The molecule has 0 radical (unpaired) electrons. The number of rotatable bonds is 5. The second kappa shape index (κ2) is 5.73. The van der Waals surface area contributed by atoms with Gasteiger partial charge in [-0.1, -0.05) is 6.92 Å². The van der Waals surface area contributed by atoms with E-state index >= 15 is 0 Å². The Bertz CT molecular complexity index is 185. The van der Waals surface area contributed by atoms with E-state index in [9.17, 15) is 9.59 Å². The molecule has 0 aromatic carbocycles. The van der Waals surface area contributed by atoms with Crippen molar-refractivity contribution in [2.75, 3.05) is 0 Å². The molecule has 0 saturated carbocycles. The zero-order chi connectivity index (χ0) is 10.4. The van der Waals surface area contributed by atoms with Gasteiger partial charge in [-0.15, -0.1) is 0 Å². The molecule has 0 aliphatic heterocycles. The van der Waals surface area contributed by atoms with Gasteiger partial charge >= 0.3 is 5.97 Å². The molecule has 0 aliphatic rings. The first-order valence-corrected chi connectivity index (χ1v) is 4.60. The number of Topliss-reactive ketones (excluding diaryl/α,β-unsaturated/α-hetero) is 1. The van der Waals surface area contributed by atoms with E-state index < -0.39 is 0 Å². The summed E-state index contributed by atoms with van der Waals surface area (Å²) in [4.78, 5) is 21.8. The smallest absolute Gasteiger partial charge is 0.306 e. The fourth-order valence-corrected chi connectivity index (χ4v) is 1.16. The van der Waals surface area contributed by atoms with Gasteiger partial charge in [0.05, 0.1) is 6.10 Å². The van der Waals surface area contributed by atoms with Gasteiger partial charge in [-0.05, 0) is 26.7 Å². The number of hydrogen-bond donors (Lipinski definition) is 0. The van der Waals surface area contributed by atoms with Gasteiger partial charge in [0.2, 0.25) is 0 Å². The maximum Gasteiger partial charge on any atom is 0.306 e. The van der Waals surface area contributed by atoms with E-state index in [-0.39, 0.29) is 23.8 Å². The molecule has 0 rings (SSSR count). The quantitative estimate of drug-likeness (QED) is 0.616. The first kappa shape index (κ1) is 12.1. The third-order valence-corrected chi connectivity index (χ3v) is 1.52. The summed E-state index contributed by atoms with van der Waals surface area (Å²) in [6, 6.07) is 0. The third-order valence-electron chi connectivity index (χ3n) is 1.52. The minimum absolute atomic E-state index is 0.0722. The number of carbonyl (C=O) groups is 2. The average Bonchev–Trinajstić information content (AvgIpc) is 1.80. The van der Waals surface area contributed by atoms with Crippen molar-refractivity contribution < 1.29 is 14.3 Å². The van der Waals surface area contributed by atoms with E-state index in [1.54, 1.807) is 0 Å². The minimum Gasteiger partial charge on any atom is -0.463 e. The van der Waals surface area contributed by atoms with Gasteiger partial charge < -0.3 is 9.53 Å². The zero-order valence-corrected chi connectivity index (χ0v) is 8.79. The van der Waals surface area contributed by atoms with Crippen LogP contribution in [0.3, 0.4) is 0 Å². The molecule has 13 heavy (non-hydrogen) atoms. The van der Waals surface area contributed by atoms with Gasteiger partial charge in [0.1, 0.15) is 5.78 Å². The van der Waals surface area contributed by atoms with E-state index in [0.717, 1.165) is 0 Å². The van der Waals surface area contributed by atoms with E-state index in [4.69, 9.17) is 4.74 Å². The average molecular weight is 186 g/mol. The van der Waals surface area contributed by atoms with Crippen molar-refractivity contribution in [3.05, 3.63) is 0 Å². The van der Waals surface area contributed by atoms with Crippen molar-refractivity contribution in [1.29, 1.82) is 0 Å². The fourth-order valence-electron chi connectivity index (χ4n) is 1.16. The maximum atomic E-state index is 11.1. The number of ether oxygens (including phenoxy) is 1. The highest BCUT2D eigenvalue weighted by Crippen LogP contribution is 2.09. The van der Waals surface area contributed by atoms with Crippen LogP contribution in [0.15, 0.2) is 0 Å². The molecule has 1 atom stereocenters. The Morgan fingerprint density at radius 3 is 2.08 bits per heavy atom. The highest BCUT2D eigenvalue weighted by Gasteiger charge is 2.12. The normalized spacial score (nSPS) is 12.7. The SMILES string of the molecule is CC(=O)CC(C)CC(=O)OC(C)C. The molecular formula is C10H18O3. The van der Waals surface area contributed by atoms with Crippen molar-refractivity contribution in [2.45, 2.75) is 46.6 Å². The lowest BCUT2D eigenvalue weighted by atomic mass is 10.0. The molecular weight excluding hydrogens is 168 g/mol. The zero-order valence-electron chi connectivity index (χ0n) is 8.79.